The lowest BCUT2D eigenvalue weighted by atomic mass is 9.79. The SMILES string of the molecule is CC(C)(C)OC(=O)NC[C@H]1CC[C@H](n2cc3ccc(B4OC(C)(C)C(C)(C)O4)cc3n2)CC1. The summed E-state index contributed by atoms with van der Waals surface area (Å²) in [6.07, 6.45) is 6.05. The Bertz CT molecular complexity index is 987. The predicted octanol–water partition coefficient (Wildman–Crippen LogP) is 4.59. The molecule has 8 heteroatoms. The fourth-order valence-corrected chi connectivity index (χ4v) is 4.52. The van der Waals surface area contributed by atoms with Gasteiger partial charge in [0.25, 0.3) is 0 Å². The molecule has 1 aliphatic carbocycles. The van der Waals surface area contributed by atoms with E-state index in [1.165, 1.54) is 0 Å². The third-order valence-electron chi connectivity index (χ3n) is 7.20. The van der Waals surface area contributed by atoms with Crippen LogP contribution in [-0.4, -0.2) is 46.3 Å². The normalized spacial score (nSPS) is 24.8. The van der Waals surface area contributed by atoms with Gasteiger partial charge in [-0.2, -0.15) is 5.10 Å². The largest absolute Gasteiger partial charge is 0.494 e. The molecule has 0 spiro atoms. The van der Waals surface area contributed by atoms with Gasteiger partial charge in [-0.25, -0.2) is 4.79 Å². The molecule has 4 rings (SSSR count). The highest BCUT2D eigenvalue weighted by Gasteiger charge is 2.51. The number of hydrogen-bond acceptors (Lipinski definition) is 5. The van der Waals surface area contributed by atoms with Crippen LogP contribution in [-0.2, 0) is 14.0 Å². The van der Waals surface area contributed by atoms with Crippen molar-refractivity contribution in [2.24, 2.45) is 5.92 Å². The van der Waals surface area contributed by atoms with Crippen molar-refractivity contribution in [2.75, 3.05) is 6.54 Å². The molecule has 7 nitrogen and oxygen atoms in total. The van der Waals surface area contributed by atoms with E-state index in [4.69, 9.17) is 19.1 Å². The van der Waals surface area contributed by atoms with E-state index in [1.54, 1.807) is 0 Å². The number of carbonyl (C=O) groups excluding carboxylic acids is 1. The molecule has 1 amide bonds. The fourth-order valence-electron chi connectivity index (χ4n) is 4.52. The van der Waals surface area contributed by atoms with Crippen LogP contribution in [0, 0.1) is 5.92 Å². The molecular weight excluding hydrogens is 417 g/mol. The van der Waals surface area contributed by atoms with Gasteiger partial charge in [0, 0.05) is 18.1 Å². The number of ether oxygens (including phenoxy) is 1. The topological polar surface area (TPSA) is 74.6 Å². The Balaban J connectivity index is 1.35. The third-order valence-corrected chi connectivity index (χ3v) is 7.20. The van der Waals surface area contributed by atoms with Crippen molar-refractivity contribution in [3.8, 4) is 0 Å². The molecule has 0 bridgehead atoms. The quantitative estimate of drug-likeness (QED) is 0.683. The lowest BCUT2D eigenvalue weighted by molar-refractivity contribution is 0.00578. The first-order valence-electron chi connectivity index (χ1n) is 12.1. The van der Waals surface area contributed by atoms with Crippen LogP contribution >= 0.6 is 0 Å². The van der Waals surface area contributed by atoms with E-state index in [0.29, 0.717) is 18.5 Å². The summed E-state index contributed by atoms with van der Waals surface area (Å²) in [5, 5.41) is 8.95. The number of benzene rings is 1. The van der Waals surface area contributed by atoms with Gasteiger partial charge in [0.15, 0.2) is 0 Å². The zero-order valence-corrected chi connectivity index (χ0v) is 21.1. The van der Waals surface area contributed by atoms with Crippen LogP contribution in [0.5, 0.6) is 0 Å². The standard InChI is InChI=1S/C25H38BN3O4/c1-23(2,3)31-22(30)27-15-17-8-12-20(13-9-17)29-16-18-10-11-19(14-21(18)28-29)26-32-24(4,5)25(6,7)33-26/h10-11,14,16-17,20H,8-9,12-13,15H2,1-7H3,(H,27,30)/t17-,20-. The molecular formula is C25H38BN3O4. The summed E-state index contributed by atoms with van der Waals surface area (Å²) >= 11 is 0. The minimum atomic E-state index is -0.466. The van der Waals surface area contributed by atoms with Crippen LogP contribution in [0.15, 0.2) is 24.4 Å². The molecule has 2 fully saturated rings. The van der Waals surface area contributed by atoms with E-state index in [2.05, 4.69) is 62.1 Å². The van der Waals surface area contributed by atoms with E-state index < -0.39 is 5.60 Å². The zero-order valence-electron chi connectivity index (χ0n) is 21.1. The van der Waals surface area contributed by atoms with Gasteiger partial charge in [-0.15, -0.1) is 0 Å². The Kier molecular flexibility index (Phi) is 6.29. The highest BCUT2D eigenvalue weighted by molar-refractivity contribution is 6.62. The third kappa shape index (κ3) is 5.38. The van der Waals surface area contributed by atoms with E-state index in [9.17, 15) is 4.79 Å². The number of hydrogen-bond donors (Lipinski definition) is 1. The van der Waals surface area contributed by atoms with Crippen molar-refractivity contribution in [1.82, 2.24) is 15.1 Å². The lowest BCUT2D eigenvalue weighted by Crippen LogP contribution is -2.41. The van der Waals surface area contributed by atoms with Crippen LogP contribution in [0.1, 0.15) is 80.2 Å². The summed E-state index contributed by atoms with van der Waals surface area (Å²) in [5.41, 5.74) is 0.789. The van der Waals surface area contributed by atoms with Crippen LogP contribution in [0.2, 0.25) is 0 Å². The molecule has 1 N–H and O–H groups in total. The first kappa shape index (κ1) is 24.1. The number of fused-ring (bicyclic) bond motifs is 1. The summed E-state index contributed by atoms with van der Waals surface area (Å²) in [6, 6.07) is 6.66. The number of rotatable bonds is 4. The van der Waals surface area contributed by atoms with Crippen LogP contribution in [0.25, 0.3) is 10.9 Å². The van der Waals surface area contributed by atoms with Gasteiger partial charge in [-0.05, 0) is 91.6 Å². The molecule has 2 aromatic rings. The maximum absolute atomic E-state index is 11.9. The smallest absolute Gasteiger partial charge is 0.444 e. The number of amides is 1. The van der Waals surface area contributed by atoms with Crippen molar-refractivity contribution in [3.63, 3.8) is 0 Å². The Morgan fingerprint density at radius 1 is 1.15 bits per heavy atom. The molecule has 33 heavy (non-hydrogen) atoms. The van der Waals surface area contributed by atoms with E-state index in [1.807, 2.05) is 20.8 Å². The minimum absolute atomic E-state index is 0.333. The van der Waals surface area contributed by atoms with Crippen molar-refractivity contribution < 1.29 is 18.8 Å². The van der Waals surface area contributed by atoms with E-state index in [-0.39, 0.29) is 24.4 Å². The van der Waals surface area contributed by atoms with E-state index in [0.717, 1.165) is 42.0 Å². The van der Waals surface area contributed by atoms with Gasteiger partial charge in [-0.1, -0.05) is 12.1 Å². The second-order valence-corrected chi connectivity index (χ2v) is 11.6. The molecule has 180 valence electrons. The lowest BCUT2D eigenvalue weighted by Gasteiger charge is -2.32. The summed E-state index contributed by atoms with van der Waals surface area (Å²) in [7, 11) is -0.377. The van der Waals surface area contributed by atoms with Crippen LogP contribution < -0.4 is 10.8 Å². The Labute approximate surface area is 197 Å². The van der Waals surface area contributed by atoms with Crippen molar-refractivity contribution in [2.45, 2.75) is 97.0 Å². The molecule has 1 saturated heterocycles. The van der Waals surface area contributed by atoms with Crippen LogP contribution in [0.4, 0.5) is 4.79 Å². The van der Waals surface area contributed by atoms with Gasteiger partial charge in [0.2, 0.25) is 0 Å². The van der Waals surface area contributed by atoms with Gasteiger partial charge in [0.05, 0.1) is 22.8 Å². The molecule has 0 atom stereocenters. The van der Waals surface area contributed by atoms with Gasteiger partial charge in [0.1, 0.15) is 5.60 Å². The first-order valence-corrected chi connectivity index (χ1v) is 12.1. The highest BCUT2D eigenvalue weighted by Crippen LogP contribution is 2.37. The second kappa shape index (κ2) is 8.62. The summed E-state index contributed by atoms with van der Waals surface area (Å²) < 4.78 is 19.9. The van der Waals surface area contributed by atoms with Gasteiger partial charge >= 0.3 is 13.2 Å². The molecule has 1 saturated carbocycles. The fraction of sp³-hybridized carbons (Fsp3) is 0.680. The summed E-state index contributed by atoms with van der Waals surface area (Å²) in [4.78, 5) is 11.9. The number of nitrogens with one attached hydrogen (secondary N) is 1. The van der Waals surface area contributed by atoms with E-state index >= 15 is 0 Å². The highest BCUT2D eigenvalue weighted by atomic mass is 16.7. The average molecular weight is 455 g/mol. The number of alkyl carbamates (subject to hydrolysis) is 1. The monoisotopic (exact) mass is 455 g/mol. The number of nitrogens with zero attached hydrogens (tertiary/aromatic N) is 2. The molecule has 1 aliphatic heterocycles. The van der Waals surface area contributed by atoms with Crippen LogP contribution in [0.3, 0.4) is 0 Å². The van der Waals surface area contributed by atoms with Gasteiger partial charge in [-0.3, -0.25) is 4.68 Å². The second-order valence-electron chi connectivity index (χ2n) is 11.6. The Morgan fingerprint density at radius 3 is 2.39 bits per heavy atom. The Hall–Kier alpha value is -2.06. The zero-order chi connectivity index (χ0) is 24.0. The first-order chi connectivity index (χ1) is 15.3. The van der Waals surface area contributed by atoms with Crippen molar-refractivity contribution in [3.05, 3.63) is 24.4 Å². The summed E-state index contributed by atoms with van der Waals surface area (Å²) in [6.45, 7) is 14.6. The summed E-state index contributed by atoms with van der Waals surface area (Å²) in [5.74, 6) is 0.480. The van der Waals surface area contributed by atoms with Crippen molar-refractivity contribution in [1.29, 1.82) is 0 Å². The number of aromatic nitrogens is 2. The maximum atomic E-state index is 11.9. The Morgan fingerprint density at radius 2 is 1.79 bits per heavy atom. The predicted molar refractivity (Wildman–Crippen MR) is 131 cm³/mol. The molecule has 1 aromatic carbocycles. The average Bonchev–Trinajstić information content (AvgIpc) is 3.22. The molecule has 2 aliphatic rings. The molecule has 2 heterocycles. The molecule has 0 unspecified atom stereocenters. The van der Waals surface area contributed by atoms with Crippen molar-refractivity contribution >= 4 is 29.6 Å². The van der Waals surface area contributed by atoms with Gasteiger partial charge < -0.3 is 19.4 Å². The molecule has 0 radical (unpaired) electrons. The maximum Gasteiger partial charge on any atom is 0.494 e. The molecule has 1 aromatic heterocycles. The number of carbonyl (C=O) groups is 1. The minimum Gasteiger partial charge on any atom is -0.444 e.